The first kappa shape index (κ1) is 9.60. The Hall–Kier alpha value is -1.49. The second-order valence-corrected chi connectivity index (χ2v) is 2.33. The van der Waals surface area contributed by atoms with E-state index in [-0.39, 0.29) is 6.47 Å². The highest BCUT2D eigenvalue weighted by Crippen LogP contribution is 2.05. The van der Waals surface area contributed by atoms with Crippen LogP contribution in [0.3, 0.4) is 0 Å². The predicted molar refractivity (Wildman–Crippen MR) is 47.7 cm³/mol. The minimum absolute atomic E-state index is 0.192. The molecule has 0 spiro atoms. The maximum atomic E-state index is 9.97. The van der Waals surface area contributed by atoms with Gasteiger partial charge < -0.3 is 14.4 Å². The van der Waals surface area contributed by atoms with Gasteiger partial charge in [-0.25, -0.2) is 0 Å². The monoisotopic (exact) mass is 180 g/mol. The summed E-state index contributed by atoms with van der Waals surface area (Å²) in [5.74, 6) is 0.483. The molecule has 0 aliphatic carbocycles. The molecule has 1 aromatic carbocycles. The zero-order chi connectivity index (χ0) is 9.68. The number of carbonyl (C=O) groups excluding carboxylic acids is 1. The Kier molecular flexibility index (Phi) is 3.34. The molecule has 0 bridgehead atoms. The minimum atomic E-state index is -1.27. The van der Waals surface area contributed by atoms with Gasteiger partial charge in [-0.1, -0.05) is 18.2 Å². The van der Waals surface area contributed by atoms with Crippen LogP contribution in [0.1, 0.15) is 0 Å². The van der Waals surface area contributed by atoms with E-state index in [9.17, 15) is 9.82 Å². The first-order valence-corrected chi connectivity index (χ1v) is 3.69. The van der Waals surface area contributed by atoms with Crippen LogP contribution < -0.4 is 10.2 Å². The van der Waals surface area contributed by atoms with Gasteiger partial charge in [0.25, 0.3) is 6.47 Å². The molecule has 1 aromatic rings. The topological polar surface area (TPSA) is 55.8 Å². The molecule has 0 saturated heterocycles. The van der Waals surface area contributed by atoms with Crippen molar-refractivity contribution in [3.05, 3.63) is 24.3 Å². The van der Waals surface area contributed by atoms with Crippen molar-refractivity contribution in [3.8, 4) is 5.75 Å². The van der Waals surface area contributed by atoms with E-state index in [4.69, 9.17) is 4.74 Å². The summed E-state index contributed by atoms with van der Waals surface area (Å²) in [7, 11) is 0.209. The Morgan fingerprint density at radius 2 is 2.15 bits per heavy atom. The fourth-order valence-corrected chi connectivity index (χ4v) is 0.996. The molecule has 13 heavy (non-hydrogen) atoms. The molecule has 0 heterocycles. The average molecular weight is 180 g/mol. The van der Waals surface area contributed by atoms with Crippen LogP contribution in [-0.4, -0.2) is 25.7 Å². The number of hydrogen-bond donors (Lipinski definition) is 1. The third-order valence-electron chi connectivity index (χ3n) is 1.59. The molecule has 5 heteroatoms. The molecule has 0 aliphatic rings. The lowest BCUT2D eigenvalue weighted by molar-refractivity contribution is -0.121. The second kappa shape index (κ2) is 4.52. The van der Waals surface area contributed by atoms with Gasteiger partial charge in [0.2, 0.25) is 0 Å². The quantitative estimate of drug-likeness (QED) is 0.503. The van der Waals surface area contributed by atoms with E-state index in [0.717, 1.165) is 0 Å². The molecule has 0 radical (unpaired) electrons. The molecular formula is C8H9BO4. The summed E-state index contributed by atoms with van der Waals surface area (Å²) in [6.45, 7) is 0.192. The molecular weight excluding hydrogens is 171 g/mol. The predicted octanol–water partition coefficient (Wildman–Crippen LogP) is -0.444. The van der Waals surface area contributed by atoms with Gasteiger partial charge in [-0.15, -0.1) is 0 Å². The molecule has 0 aliphatic heterocycles. The van der Waals surface area contributed by atoms with Crippen LogP contribution in [0, 0.1) is 0 Å². The van der Waals surface area contributed by atoms with E-state index in [1.807, 2.05) is 0 Å². The third-order valence-corrected chi connectivity index (χ3v) is 1.59. The van der Waals surface area contributed by atoms with E-state index >= 15 is 0 Å². The summed E-state index contributed by atoms with van der Waals surface area (Å²) < 4.78 is 9.32. The minimum Gasteiger partial charge on any atom is -0.508 e. The van der Waals surface area contributed by atoms with E-state index in [1.54, 1.807) is 24.3 Å². The van der Waals surface area contributed by atoms with Crippen LogP contribution in [-0.2, 0) is 9.45 Å². The Morgan fingerprint density at radius 1 is 1.46 bits per heavy atom. The smallest absolute Gasteiger partial charge is 0.508 e. The number of benzene rings is 1. The first-order valence-electron chi connectivity index (χ1n) is 3.69. The van der Waals surface area contributed by atoms with Crippen molar-refractivity contribution in [2.75, 3.05) is 7.11 Å². The number of rotatable bonds is 4. The van der Waals surface area contributed by atoms with Crippen molar-refractivity contribution in [1.82, 2.24) is 0 Å². The molecule has 0 saturated carbocycles. The highest BCUT2D eigenvalue weighted by molar-refractivity contribution is 6.62. The molecule has 0 unspecified atom stereocenters. The lowest BCUT2D eigenvalue weighted by Gasteiger charge is -2.08. The maximum absolute atomic E-state index is 9.97. The zero-order valence-corrected chi connectivity index (χ0v) is 7.14. The fraction of sp³-hybridized carbons (Fsp3) is 0.125. The van der Waals surface area contributed by atoms with Gasteiger partial charge in [0.05, 0.1) is 7.11 Å². The van der Waals surface area contributed by atoms with Crippen molar-refractivity contribution < 1.29 is 19.2 Å². The summed E-state index contributed by atoms with van der Waals surface area (Å²) in [6.07, 6.45) is 0. The number of para-hydroxylation sites is 1. The van der Waals surface area contributed by atoms with Gasteiger partial charge in [0.1, 0.15) is 5.75 Å². The summed E-state index contributed by atoms with van der Waals surface area (Å²) >= 11 is 0. The summed E-state index contributed by atoms with van der Waals surface area (Å²) in [5, 5.41) is 9.30. The van der Waals surface area contributed by atoms with Gasteiger partial charge in [0, 0.05) is 5.46 Å². The number of ether oxygens (including phenoxy) is 1. The van der Waals surface area contributed by atoms with Crippen molar-refractivity contribution in [3.63, 3.8) is 0 Å². The molecule has 1 N–H and O–H groups in total. The van der Waals surface area contributed by atoms with Crippen LogP contribution in [0.5, 0.6) is 5.75 Å². The molecule has 68 valence electrons. The van der Waals surface area contributed by atoms with Crippen molar-refractivity contribution in [2.24, 2.45) is 0 Å². The standard InChI is InChI=1S/C8H9BO4/c1-12-8-5-3-2-4-7(8)9(11)13-6-10/h2-6,11H,1H3. The number of hydrogen-bond acceptors (Lipinski definition) is 4. The summed E-state index contributed by atoms with van der Waals surface area (Å²) in [5.41, 5.74) is 0.428. The Labute approximate surface area is 76.2 Å². The highest BCUT2D eigenvalue weighted by atomic mass is 16.6. The van der Waals surface area contributed by atoms with Crippen molar-refractivity contribution in [2.45, 2.75) is 0 Å². The number of methoxy groups -OCH3 is 1. The van der Waals surface area contributed by atoms with Crippen LogP contribution in [0.2, 0.25) is 0 Å². The fourth-order valence-electron chi connectivity index (χ4n) is 0.996. The first-order chi connectivity index (χ1) is 6.29. The molecule has 4 nitrogen and oxygen atoms in total. The molecule has 0 fully saturated rings. The summed E-state index contributed by atoms with van der Waals surface area (Å²) in [6, 6.07) is 6.77. The van der Waals surface area contributed by atoms with E-state index in [0.29, 0.717) is 11.2 Å². The Bertz CT molecular complexity index is 289. The normalized spacial score (nSPS) is 9.08. The van der Waals surface area contributed by atoms with Crippen molar-refractivity contribution >= 4 is 19.1 Å². The van der Waals surface area contributed by atoms with Crippen LogP contribution in [0.4, 0.5) is 0 Å². The average Bonchev–Trinajstić information content (AvgIpc) is 2.18. The maximum Gasteiger partial charge on any atom is 0.565 e. The van der Waals surface area contributed by atoms with E-state index in [1.165, 1.54) is 7.11 Å². The summed E-state index contributed by atoms with van der Waals surface area (Å²) in [4.78, 5) is 9.97. The van der Waals surface area contributed by atoms with Gasteiger partial charge in [-0.2, -0.15) is 0 Å². The lowest BCUT2D eigenvalue weighted by atomic mass is 9.79. The van der Waals surface area contributed by atoms with Crippen LogP contribution in [0.25, 0.3) is 0 Å². The van der Waals surface area contributed by atoms with Gasteiger partial charge >= 0.3 is 7.12 Å². The van der Waals surface area contributed by atoms with E-state index < -0.39 is 7.12 Å². The van der Waals surface area contributed by atoms with Gasteiger partial charge in [0.15, 0.2) is 0 Å². The van der Waals surface area contributed by atoms with Gasteiger partial charge in [-0.3, -0.25) is 4.79 Å². The van der Waals surface area contributed by atoms with Gasteiger partial charge in [-0.05, 0) is 6.07 Å². The molecule has 0 amide bonds. The molecule has 1 rings (SSSR count). The Morgan fingerprint density at radius 3 is 2.77 bits per heavy atom. The van der Waals surface area contributed by atoms with Crippen LogP contribution >= 0.6 is 0 Å². The van der Waals surface area contributed by atoms with Crippen molar-refractivity contribution in [1.29, 1.82) is 0 Å². The van der Waals surface area contributed by atoms with E-state index in [2.05, 4.69) is 4.65 Å². The number of carbonyl (C=O) groups is 1. The third kappa shape index (κ3) is 2.22. The molecule has 0 atom stereocenters. The Balaban J connectivity index is 2.91. The zero-order valence-electron chi connectivity index (χ0n) is 7.14. The SMILES string of the molecule is COc1ccccc1B(O)OC=O. The molecule has 0 aromatic heterocycles. The second-order valence-electron chi connectivity index (χ2n) is 2.33. The lowest BCUT2D eigenvalue weighted by Crippen LogP contribution is -2.34. The van der Waals surface area contributed by atoms with Crippen LogP contribution in [0.15, 0.2) is 24.3 Å². The highest BCUT2D eigenvalue weighted by Gasteiger charge is 2.21. The largest absolute Gasteiger partial charge is 0.565 e.